The van der Waals surface area contributed by atoms with Crippen LogP contribution in [0, 0.1) is 5.41 Å². The number of carbonyl (C=O) groups is 2. The van der Waals surface area contributed by atoms with Gasteiger partial charge in [0, 0.05) is 30.6 Å². The number of hydrogen-bond donors (Lipinski definition) is 2. The average molecular weight is 396 g/mol. The molecule has 2 heterocycles. The lowest BCUT2D eigenvalue weighted by Gasteiger charge is -2.32. The first-order valence-electron chi connectivity index (χ1n) is 10.6. The van der Waals surface area contributed by atoms with Crippen LogP contribution < -0.4 is 5.32 Å². The number of rotatable bonds is 5. The molecule has 154 valence electrons. The van der Waals surface area contributed by atoms with Gasteiger partial charge in [-0.1, -0.05) is 25.7 Å². The number of fused-ring (bicyclic) bond motifs is 1. The second kappa shape index (κ2) is 8.35. The Bertz CT molecular complexity index is 882. The van der Waals surface area contributed by atoms with E-state index in [0.29, 0.717) is 18.5 Å². The van der Waals surface area contributed by atoms with E-state index in [9.17, 15) is 14.7 Å². The van der Waals surface area contributed by atoms with Gasteiger partial charge in [0.15, 0.2) is 5.82 Å². The molecular formula is C22H28N4O3. The lowest BCUT2D eigenvalue weighted by Crippen LogP contribution is -2.37. The summed E-state index contributed by atoms with van der Waals surface area (Å²) in [6, 6.07) is 7.57. The number of aromatic nitrogens is 3. The van der Waals surface area contributed by atoms with Gasteiger partial charge in [-0.25, -0.2) is 0 Å². The summed E-state index contributed by atoms with van der Waals surface area (Å²) in [6.07, 6.45) is 8.44. The zero-order valence-electron chi connectivity index (χ0n) is 16.7. The highest BCUT2D eigenvalue weighted by Crippen LogP contribution is 2.40. The molecular weight excluding hydrogens is 368 g/mol. The van der Waals surface area contributed by atoms with E-state index in [-0.39, 0.29) is 12.3 Å². The Labute approximate surface area is 170 Å². The molecule has 7 nitrogen and oxygen atoms in total. The molecule has 1 amide bonds. The van der Waals surface area contributed by atoms with Crippen molar-refractivity contribution in [3.63, 3.8) is 0 Å². The summed E-state index contributed by atoms with van der Waals surface area (Å²) in [5.41, 5.74) is 0.727. The van der Waals surface area contributed by atoms with Gasteiger partial charge in [-0.2, -0.15) is 0 Å². The van der Waals surface area contributed by atoms with Crippen LogP contribution >= 0.6 is 0 Å². The number of benzene rings is 1. The van der Waals surface area contributed by atoms with Crippen LogP contribution in [0.4, 0.5) is 5.69 Å². The molecule has 0 spiro atoms. The smallest absolute Gasteiger partial charge is 0.310 e. The molecule has 1 aromatic heterocycles. The largest absolute Gasteiger partial charge is 0.481 e. The Kier molecular flexibility index (Phi) is 5.65. The summed E-state index contributed by atoms with van der Waals surface area (Å²) >= 11 is 0. The van der Waals surface area contributed by atoms with Crippen LogP contribution in [0.3, 0.4) is 0 Å². The molecule has 1 fully saturated rings. The number of anilines is 1. The van der Waals surface area contributed by atoms with E-state index in [4.69, 9.17) is 0 Å². The number of hydrogen-bond acceptors (Lipinski definition) is 4. The van der Waals surface area contributed by atoms with E-state index >= 15 is 0 Å². The number of amides is 1. The molecule has 4 rings (SSSR count). The highest BCUT2D eigenvalue weighted by atomic mass is 16.4. The van der Waals surface area contributed by atoms with Crippen LogP contribution in [-0.4, -0.2) is 31.7 Å². The maximum absolute atomic E-state index is 12.5. The van der Waals surface area contributed by atoms with Gasteiger partial charge < -0.3 is 15.0 Å². The number of nitrogens with zero attached hydrogens (tertiary/aromatic N) is 3. The molecule has 0 saturated heterocycles. The normalized spacial score (nSPS) is 18.5. The molecule has 1 saturated carbocycles. The van der Waals surface area contributed by atoms with Gasteiger partial charge in [-0.3, -0.25) is 9.59 Å². The van der Waals surface area contributed by atoms with Crippen molar-refractivity contribution in [2.45, 2.75) is 70.8 Å². The quantitative estimate of drug-likeness (QED) is 0.795. The minimum absolute atomic E-state index is 0.0295. The average Bonchev–Trinajstić information content (AvgIpc) is 2.97. The Hall–Kier alpha value is -2.70. The van der Waals surface area contributed by atoms with Gasteiger partial charge in [-0.05, 0) is 49.9 Å². The summed E-state index contributed by atoms with van der Waals surface area (Å²) < 4.78 is 2.19. The van der Waals surface area contributed by atoms with Crippen LogP contribution in [0.5, 0.6) is 0 Å². The molecule has 29 heavy (non-hydrogen) atoms. The van der Waals surface area contributed by atoms with E-state index in [2.05, 4.69) is 20.1 Å². The first-order chi connectivity index (χ1) is 14.1. The maximum atomic E-state index is 12.5. The van der Waals surface area contributed by atoms with Crippen molar-refractivity contribution < 1.29 is 14.7 Å². The first kappa shape index (κ1) is 19.6. The molecule has 2 aromatic rings. The van der Waals surface area contributed by atoms with Gasteiger partial charge in [0.25, 0.3) is 0 Å². The SMILES string of the molecule is O=C(CC1(C(=O)O)CCCCC1)Nc1ccc(-c2nnc3n2CCCCC3)cc1. The van der Waals surface area contributed by atoms with Gasteiger partial charge in [0.05, 0.1) is 5.41 Å². The predicted octanol–water partition coefficient (Wildman–Crippen LogP) is 4.04. The number of carboxylic acid groups (broad SMARTS) is 1. The van der Waals surface area contributed by atoms with Gasteiger partial charge in [-0.15, -0.1) is 10.2 Å². The molecule has 0 radical (unpaired) electrons. The second-order valence-corrected chi connectivity index (χ2v) is 8.35. The molecule has 7 heteroatoms. The number of aliphatic carboxylic acids is 1. The molecule has 0 atom stereocenters. The summed E-state index contributed by atoms with van der Waals surface area (Å²) in [4.78, 5) is 24.3. The minimum atomic E-state index is -0.915. The fourth-order valence-electron chi connectivity index (χ4n) is 4.61. The molecule has 0 bridgehead atoms. The molecule has 2 N–H and O–H groups in total. The summed E-state index contributed by atoms with van der Waals surface area (Å²) in [6.45, 7) is 0.938. The van der Waals surface area contributed by atoms with Crippen LogP contribution in [0.2, 0.25) is 0 Å². The lowest BCUT2D eigenvalue weighted by molar-refractivity contribution is -0.153. The van der Waals surface area contributed by atoms with Crippen molar-refractivity contribution in [3.8, 4) is 11.4 Å². The van der Waals surface area contributed by atoms with Crippen molar-refractivity contribution in [2.24, 2.45) is 5.41 Å². The van der Waals surface area contributed by atoms with E-state index in [0.717, 1.165) is 62.3 Å². The maximum Gasteiger partial charge on any atom is 0.310 e. The molecule has 0 unspecified atom stereocenters. The number of carboxylic acids is 1. The van der Waals surface area contributed by atoms with E-state index in [1.165, 1.54) is 6.42 Å². The minimum Gasteiger partial charge on any atom is -0.481 e. The zero-order chi connectivity index (χ0) is 20.3. The highest BCUT2D eigenvalue weighted by Gasteiger charge is 2.41. The van der Waals surface area contributed by atoms with Crippen molar-refractivity contribution in [2.75, 3.05) is 5.32 Å². The Morgan fingerprint density at radius 3 is 2.45 bits per heavy atom. The van der Waals surface area contributed by atoms with Crippen LogP contribution in [0.25, 0.3) is 11.4 Å². The van der Waals surface area contributed by atoms with Crippen molar-refractivity contribution >= 4 is 17.6 Å². The number of nitrogens with one attached hydrogen (secondary N) is 1. The van der Waals surface area contributed by atoms with Gasteiger partial charge >= 0.3 is 5.97 Å². The predicted molar refractivity (Wildman–Crippen MR) is 109 cm³/mol. The molecule has 1 aliphatic heterocycles. The second-order valence-electron chi connectivity index (χ2n) is 8.35. The first-order valence-corrected chi connectivity index (χ1v) is 10.6. The molecule has 2 aliphatic rings. The lowest BCUT2D eigenvalue weighted by atomic mass is 9.71. The zero-order valence-corrected chi connectivity index (χ0v) is 16.7. The highest BCUT2D eigenvalue weighted by molar-refractivity contribution is 5.94. The summed E-state index contributed by atoms with van der Waals surface area (Å²) in [5.74, 6) is 0.821. The molecule has 1 aliphatic carbocycles. The van der Waals surface area contributed by atoms with Crippen molar-refractivity contribution in [1.29, 1.82) is 0 Å². The van der Waals surface area contributed by atoms with E-state index in [1.54, 1.807) is 0 Å². The standard InChI is InChI=1S/C22H28N4O3/c27-19(15-22(21(28)29)12-4-2-5-13-22)23-17-10-8-16(9-11-17)20-25-24-18-7-3-1-6-14-26(18)20/h8-11H,1-7,12-15H2,(H,23,27)(H,28,29). The van der Waals surface area contributed by atoms with Crippen LogP contribution in [0.1, 0.15) is 63.6 Å². The fourth-order valence-corrected chi connectivity index (χ4v) is 4.61. The number of carbonyl (C=O) groups excluding carboxylic acids is 1. The summed E-state index contributed by atoms with van der Waals surface area (Å²) in [5, 5.41) is 21.2. The van der Waals surface area contributed by atoms with Crippen molar-refractivity contribution in [3.05, 3.63) is 30.1 Å². The third-order valence-corrected chi connectivity index (χ3v) is 6.30. The topological polar surface area (TPSA) is 97.1 Å². The summed E-state index contributed by atoms with van der Waals surface area (Å²) in [7, 11) is 0. The third kappa shape index (κ3) is 4.18. The number of aryl methyl sites for hydroxylation is 1. The van der Waals surface area contributed by atoms with E-state index < -0.39 is 11.4 Å². The molecule has 1 aromatic carbocycles. The van der Waals surface area contributed by atoms with Gasteiger partial charge in [0.2, 0.25) is 5.91 Å². The monoisotopic (exact) mass is 396 g/mol. The Morgan fingerprint density at radius 1 is 1.00 bits per heavy atom. The van der Waals surface area contributed by atoms with Crippen molar-refractivity contribution in [1.82, 2.24) is 14.8 Å². The van der Waals surface area contributed by atoms with Crippen LogP contribution in [0.15, 0.2) is 24.3 Å². The van der Waals surface area contributed by atoms with E-state index in [1.807, 2.05) is 24.3 Å². The Morgan fingerprint density at radius 2 is 1.72 bits per heavy atom. The Balaban J connectivity index is 1.44. The van der Waals surface area contributed by atoms with Gasteiger partial charge in [0.1, 0.15) is 5.82 Å². The fraction of sp³-hybridized carbons (Fsp3) is 0.545. The van der Waals surface area contributed by atoms with Crippen LogP contribution in [-0.2, 0) is 22.6 Å². The third-order valence-electron chi connectivity index (χ3n) is 6.30.